The smallest absolute Gasteiger partial charge is 0.423 e. The van der Waals surface area contributed by atoms with E-state index in [4.69, 9.17) is 0 Å². The third kappa shape index (κ3) is 7.99. The first kappa shape index (κ1) is 52.1. The lowest BCUT2D eigenvalue weighted by Gasteiger charge is -2.24. The number of rotatable bonds is 4. The van der Waals surface area contributed by atoms with Gasteiger partial charge in [0, 0.05) is 64.5 Å². The molecule has 0 saturated carbocycles. The summed E-state index contributed by atoms with van der Waals surface area (Å²) in [7, 11) is -1.46. The molecule has 3 aliphatic carbocycles. The highest BCUT2D eigenvalue weighted by Crippen LogP contribution is 2.55. The third-order valence-electron chi connectivity index (χ3n) is 18.9. The molecule has 3 heterocycles. The number of fused-ring (bicyclic) bond motifs is 20. The van der Waals surface area contributed by atoms with Crippen LogP contribution < -0.4 is 5.46 Å². The van der Waals surface area contributed by atoms with E-state index >= 15 is 0 Å². The van der Waals surface area contributed by atoms with E-state index in [0.29, 0.717) is 5.46 Å². The van der Waals surface area contributed by atoms with Crippen LogP contribution in [0.2, 0.25) is 0 Å². The highest BCUT2D eigenvalue weighted by molar-refractivity contribution is 9.10. The minimum absolute atomic E-state index is 0.0485. The van der Waals surface area contributed by atoms with Crippen molar-refractivity contribution in [3.05, 3.63) is 293 Å². The number of benzene rings is 12. The van der Waals surface area contributed by atoms with E-state index in [2.05, 4.69) is 264 Å². The number of aromatic amines is 1. The fourth-order valence-corrected chi connectivity index (χ4v) is 15.4. The maximum absolute atomic E-state index is 9.43. The average molecular weight is 1170 g/mol. The summed E-state index contributed by atoms with van der Waals surface area (Å²) in [5.41, 5.74) is 29.5. The molecule has 3 aromatic heterocycles. The van der Waals surface area contributed by atoms with Gasteiger partial charge >= 0.3 is 7.12 Å². The van der Waals surface area contributed by atoms with Gasteiger partial charge in [-0.2, -0.15) is 0 Å². The van der Waals surface area contributed by atoms with Crippen LogP contribution in [-0.2, 0) is 17.3 Å². The molecule has 0 fully saturated rings. The Hall–Kier alpha value is -9.50. The second-order valence-corrected chi connectivity index (χ2v) is 25.3. The number of hydrogen-bond donors (Lipinski definition) is 3. The Kier molecular flexibility index (Phi) is 12.0. The Bertz CT molecular complexity index is 5260. The number of hydrogen-bond acceptors (Lipinski definition) is 2. The topological polar surface area (TPSA) is 66.1 Å². The summed E-state index contributed by atoms with van der Waals surface area (Å²) in [6, 6.07) is 90.8. The Labute approximate surface area is 508 Å². The molecular formula is C79H59BBrN3O2. The summed E-state index contributed by atoms with van der Waals surface area (Å²) in [6.45, 7) is 9.46. The summed E-state index contributed by atoms with van der Waals surface area (Å²) in [5.74, 6) is 0. The second-order valence-electron chi connectivity index (χ2n) is 24.4. The van der Waals surface area contributed by atoms with Crippen molar-refractivity contribution in [2.45, 2.75) is 44.9 Å². The first-order chi connectivity index (χ1) is 41.9. The van der Waals surface area contributed by atoms with Gasteiger partial charge in [0.1, 0.15) is 0 Å². The molecule has 0 atom stereocenters. The summed E-state index contributed by atoms with van der Waals surface area (Å²) in [4.78, 5) is 3.82. The zero-order chi connectivity index (χ0) is 58.2. The highest BCUT2D eigenvalue weighted by Gasteiger charge is 2.40. The van der Waals surface area contributed by atoms with E-state index < -0.39 is 7.12 Å². The first-order valence-corrected chi connectivity index (χ1v) is 30.5. The lowest BCUT2D eigenvalue weighted by molar-refractivity contribution is 0.426. The van der Waals surface area contributed by atoms with E-state index in [-0.39, 0.29) is 10.8 Å². The molecule has 5 nitrogen and oxygen atoms in total. The van der Waals surface area contributed by atoms with Crippen molar-refractivity contribution in [3.8, 4) is 55.9 Å². The van der Waals surface area contributed by atoms with Crippen molar-refractivity contribution in [1.29, 1.82) is 0 Å². The summed E-state index contributed by atoms with van der Waals surface area (Å²) < 4.78 is 5.72. The van der Waals surface area contributed by atoms with Gasteiger partial charge < -0.3 is 24.2 Å². The number of halogens is 1. The van der Waals surface area contributed by atoms with E-state index in [1.165, 1.54) is 127 Å². The molecule has 0 aliphatic heterocycles. The molecule has 3 N–H and O–H groups in total. The Morgan fingerprint density at radius 3 is 1.53 bits per heavy atom. The molecule has 0 amide bonds. The Morgan fingerprint density at radius 2 is 0.895 bits per heavy atom. The van der Waals surface area contributed by atoms with Crippen LogP contribution in [-0.4, -0.2) is 31.3 Å². The molecule has 86 heavy (non-hydrogen) atoms. The summed E-state index contributed by atoms with van der Waals surface area (Å²) in [5, 5.41) is 26.1. The standard InChI is InChI=1S/C39H28N2.C22H17Br.C18H14BNO2/c1-39(2)33-14-8-6-12-27(33)29-18-19-30-31-22-24(16-20-34(31)40-38(30)37(29)39)25-17-21-36-32(23-25)28-13-7-9-15-35(28)41(36)26-10-4-3-5-11-26;1-22(2)20-6-4-3-5-16(20)17-10-9-15-18-12-14(23)8-7-13(18)11-19(15)21(17)22;21-19(22)13-10-11-18-16(12-13)15-8-4-5-9-17(15)20(18)14-6-2-1-3-7-14/h3-23,40H,1-2H3;3-10,12H,11H2,1-2H3;1-12,21-22H. The predicted octanol–water partition coefficient (Wildman–Crippen LogP) is 19.2. The highest BCUT2D eigenvalue weighted by atomic mass is 79.9. The molecule has 0 radical (unpaired) electrons. The molecule has 3 aliphatic rings. The van der Waals surface area contributed by atoms with Crippen molar-refractivity contribution in [1.82, 2.24) is 14.1 Å². The van der Waals surface area contributed by atoms with Crippen LogP contribution in [0.1, 0.15) is 61.1 Å². The lowest BCUT2D eigenvalue weighted by atomic mass is 9.79. The van der Waals surface area contributed by atoms with Gasteiger partial charge in [0.25, 0.3) is 0 Å². The van der Waals surface area contributed by atoms with Gasteiger partial charge in [0.15, 0.2) is 0 Å². The molecule has 412 valence electrons. The van der Waals surface area contributed by atoms with Crippen molar-refractivity contribution >= 4 is 93.9 Å². The maximum atomic E-state index is 9.43. The molecule has 0 unspecified atom stereocenters. The van der Waals surface area contributed by atoms with Crippen molar-refractivity contribution in [2.24, 2.45) is 0 Å². The van der Waals surface area contributed by atoms with Crippen LogP contribution in [0.15, 0.2) is 259 Å². The summed E-state index contributed by atoms with van der Waals surface area (Å²) in [6.07, 6.45) is 1.05. The van der Waals surface area contributed by atoms with Gasteiger partial charge in [-0.3, -0.25) is 0 Å². The molecule has 15 aromatic rings. The number of nitrogens with zero attached hydrogens (tertiary/aromatic N) is 2. The summed E-state index contributed by atoms with van der Waals surface area (Å²) >= 11 is 3.62. The lowest BCUT2D eigenvalue weighted by Crippen LogP contribution is -2.29. The second kappa shape index (κ2) is 19.8. The van der Waals surface area contributed by atoms with Crippen LogP contribution in [0.3, 0.4) is 0 Å². The quantitative estimate of drug-likeness (QED) is 0.154. The molecular weight excluding hydrogens is 1110 g/mol. The van der Waals surface area contributed by atoms with Crippen molar-refractivity contribution in [3.63, 3.8) is 0 Å². The normalized spacial score (nSPS) is 13.7. The average Bonchev–Trinajstić information content (AvgIpc) is 4.02. The maximum Gasteiger partial charge on any atom is 0.488 e. The van der Waals surface area contributed by atoms with Gasteiger partial charge in [-0.15, -0.1) is 0 Å². The Balaban J connectivity index is 0.000000113. The Morgan fingerprint density at radius 1 is 0.395 bits per heavy atom. The monoisotopic (exact) mass is 1170 g/mol. The van der Waals surface area contributed by atoms with E-state index in [1.807, 2.05) is 42.5 Å². The van der Waals surface area contributed by atoms with E-state index in [0.717, 1.165) is 38.4 Å². The zero-order valence-electron chi connectivity index (χ0n) is 48.2. The fourth-order valence-electron chi connectivity index (χ4n) is 15.0. The van der Waals surface area contributed by atoms with E-state index in [9.17, 15) is 10.0 Å². The molecule has 0 bridgehead atoms. The van der Waals surface area contributed by atoms with Crippen LogP contribution in [0.4, 0.5) is 0 Å². The largest absolute Gasteiger partial charge is 0.488 e. The van der Waals surface area contributed by atoms with Gasteiger partial charge in [0.05, 0.1) is 27.6 Å². The minimum Gasteiger partial charge on any atom is -0.423 e. The first-order valence-electron chi connectivity index (χ1n) is 29.7. The van der Waals surface area contributed by atoms with Gasteiger partial charge in [-0.25, -0.2) is 0 Å². The van der Waals surface area contributed by atoms with Gasteiger partial charge in [0.2, 0.25) is 0 Å². The predicted molar refractivity (Wildman–Crippen MR) is 364 cm³/mol. The number of aromatic nitrogens is 3. The van der Waals surface area contributed by atoms with Crippen molar-refractivity contribution in [2.75, 3.05) is 0 Å². The number of H-pyrrole nitrogens is 1. The molecule has 7 heteroatoms. The third-order valence-corrected chi connectivity index (χ3v) is 19.4. The van der Waals surface area contributed by atoms with Crippen molar-refractivity contribution < 1.29 is 10.0 Å². The van der Waals surface area contributed by atoms with Crippen LogP contribution in [0, 0.1) is 0 Å². The SMILES string of the molecule is CC1(C)c2ccccc2-c2ccc3c([nH]c4ccc(-c5ccc6c(c5)c5ccccc5n6-c5ccccc5)cc43)c21.CC1(C)c2ccccc2-c2ccc3c(c21)Cc1ccc(Br)cc1-3.OB(O)c1ccc2c(c1)c1ccccc1n2-c1ccccc1. The van der Waals surface area contributed by atoms with Gasteiger partial charge in [-0.05, 0) is 169 Å². The van der Waals surface area contributed by atoms with Gasteiger partial charge in [-0.1, -0.05) is 220 Å². The molecule has 0 saturated heterocycles. The molecule has 18 rings (SSSR count). The number of para-hydroxylation sites is 4. The number of nitrogens with one attached hydrogen (secondary N) is 1. The fraction of sp³-hybridized carbons (Fsp3) is 0.0886. The van der Waals surface area contributed by atoms with Crippen LogP contribution >= 0.6 is 15.9 Å². The minimum atomic E-state index is -1.46. The molecule has 12 aromatic carbocycles. The van der Waals surface area contributed by atoms with Crippen LogP contribution in [0.5, 0.6) is 0 Å². The van der Waals surface area contributed by atoms with E-state index in [1.54, 1.807) is 6.07 Å². The zero-order valence-corrected chi connectivity index (χ0v) is 49.8. The molecule has 0 spiro atoms. The van der Waals surface area contributed by atoms with Crippen LogP contribution in [0.25, 0.3) is 121 Å².